The molecular weight excluding hydrogens is 399 g/mol. The van der Waals surface area contributed by atoms with Gasteiger partial charge in [-0.05, 0) is 42.0 Å². The Morgan fingerprint density at radius 3 is 2.53 bits per heavy atom. The van der Waals surface area contributed by atoms with Crippen LogP contribution in [0.5, 0.6) is 11.5 Å². The summed E-state index contributed by atoms with van der Waals surface area (Å²) in [5.41, 5.74) is -1.13. The summed E-state index contributed by atoms with van der Waals surface area (Å²) in [4.78, 5) is 21.2. The van der Waals surface area contributed by atoms with E-state index in [9.17, 15) is 23.1 Å². The molecule has 0 radical (unpaired) electrons. The van der Waals surface area contributed by atoms with Crippen molar-refractivity contribution in [1.82, 2.24) is 15.3 Å². The summed E-state index contributed by atoms with van der Waals surface area (Å²) < 4.78 is 44.7. The molecule has 4 rings (SSSR count). The fourth-order valence-corrected chi connectivity index (χ4v) is 3.46. The predicted octanol–water partition coefficient (Wildman–Crippen LogP) is 3.66. The highest BCUT2D eigenvalue weighted by molar-refractivity contribution is 5.93. The number of aromatic hydroxyl groups is 1. The Balaban J connectivity index is 1.80. The molecule has 6 nitrogen and oxygen atoms in total. The van der Waals surface area contributed by atoms with Gasteiger partial charge < -0.3 is 15.2 Å². The van der Waals surface area contributed by atoms with Crippen molar-refractivity contribution in [1.29, 1.82) is 0 Å². The molecule has 1 aliphatic heterocycles. The molecule has 154 valence electrons. The summed E-state index contributed by atoms with van der Waals surface area (Å²) in [5.74, 6) is -0.224. The van der Waals surface area contributed by atoms with E-state index in [1.165, 1.54) is 30.5 Å². The minimum Gasteiger partial charge on any atom is -0.506 e. The Kier molecular flexibility index (Phi) is 4.81. The van der Waals surface area contributed by atoms with Gasteiger partial charge in [0.1, 0.15) is 28.4 Å². The van der Waals surface area contributed by atoms with Gasteiger partial charge in [0.05, 0.1) is 18.4 Å². The second-order valence-electron chi connectivity index (χ2n) is 6.78. The first kappa shape index (κ1) is 19.7. The summed E-state index contributed by atoms with van der Waals surface area (Å²) in [7, 11) is 0. The second kappa shape index (κ2) is 7.33. The molecule has 0 saturated carbocycles. The van der Waals surface area contributed by atoms with Crippen LogP contribution in [0.1, 0.15) is 33.7 Å². The van der Waals surface area contributed by atoms with Gasteiger partial charge in [0.25, 0.3) is 5.91 Å². The quantitative estimate of drug-likeness (QED) is 0.682. The normalized spacial score (nSPS) is 18.2. The highest BCUT2D eigenvalue weighted by atomic mass is 19.4. The Labute approximate surface area is 169 Å². The highest BCUT2D eigenvalue weighted by Crippen LogP contribution is 2.41. The number of nitrogens with one attached hydrogen (secondary N) is 1. The van der Waals surface area contributed by atoms with Gasteiger partial charge in [0.2, 0.25) is 0 Å². The van der Waals surface area contributed by atoms with E-state index in [1.54, 1.807) is 12.1 Å². The van der Waals surface area contributed by atoms with E-state index < -0.39 is 23.2 Å². The van der Waals surface area contributed by atoms with Crippen molar-refractivity contribution < 1.29 is 27.8 Å². The Morgan fingerprint density at radius 1 is 1.10 bits per heavy atom. The summed E-state index contributed by atoms with van der Waals surface area (Å²) in [6.45, 7) is 0.225. The van der Waals surface area contributed by atoms with Crippen LogP contribution in [-0.2, 0) is 11.7 Å². The molecule has 0 aliphatic carbocycles. The Hall–Kier alpha value is -3.62. The third kappa shape index (κ3) is 3.54. The predicted molar refractivity (Wildman–Crippen MR) is 99.9 cm³/mol. The van der Waals surface area contributed by atoms with E-state index in [-0.39, 0.29) is 24.5 Å². The molecule has 30 heavy (non-hydrogen) atoms. The fraction of sp³-hybridized carbons (Fsp3) is 0.190. The molecule has 0 fully saturated rings. The van der Waals surface area contributed by atoms with E-state index in [0.717, 1.165) is 18.3 Å². The first-order valence-corrected chi connectivity index (χ1v) is 9.03. The smallest absolute Gasteiger partial charge is 0.416 e. The molecule has 0 unspecified atom stereocenters. The zero-order valence-corrected chi connectivity index (χ0v) is 15.5. The highest BCUT2D eigenvalue weighted by Gasteiger charge is 2.43. The van der Waals surface area contributed by atoms with Gasteiger partial charge >= 0.3 is 6.18 Å². The maximum atomic E-state index is 13.0. The summed E-state index contributed by atoms with van der Waals surface area (Å²) in [6.07, 6.45) is -1.56. The molecule has 1 aliphatic rings. The molecule has 0 spiro atoms. The third-order valence-electron chi connectivity index (χ3n) is 4.92. The number of pyridine rings is 2. The van der Waals surface area contributed by atoms with E-state index in [1.807, 2.05) is 0 Å². The van der Waals surface area contributed by atoms with Crippen LogP contribution in [0.15, 0.2) is 60.9 Å². The molecular formula is C21H16F3N3O3. The first-order valence-electron chi connectivity index (χ1n) is 9.03. The van der Waals surface area contributed by atoms with Crippen LogP contribution >= 0.6 is 0 Å². The number of hydrogen-bond donors (Lipinski definition) is 2. The number of carbonyl (C=O) groups is 1. The number of aromatic nitrogens is 2. The van der Waals surface area contributed by atoms with Crippen LogP contribution < -0.4 is 10.1 Å². The van der Waals surface area contributed by atoms with Crippen molar-refractivity contribution in [3.05, 3.63) is 83.4 Å². The topological polar surface area (TPSA) is 84.3 Å². The minimum atomic E-state index is -4.48. The number of alkyl halides is 3. The molecule has 1 atom stereocenters. The van der Waals surface area contributed by atoms with Gasteiger partial charge in [-0.3, -0.25) is 9.78 Å². The summed E-state index contributed by atoms with van der Waals surface area (Å²) in [6, 6.07) is 10.6. The van der Waals surface area contributed by atoms with Crippen molar-refractivity contribution in [2.75, 3.05) is 6.61 Å². The van der Waals surface area contributed by atoms with E-state index in [0.29, 0.717) is 17.0 Å². The maximum absolute atomic E-state index is 13.0. The molecule has 0 saturated heterocycles. The lowest BCUT2D eigenvalue weighted by Crippen LogP contribution is -2.50. The van der Waals surface area contributed by atoms with Crippen molar-refractivity contribution in [3.8, 4) is 11.5 Å². The Morgan fingerprint density at radius 2 is 1.87 bits per heavy atom. The lowest BCUT2D eigenvalue weighted by Gasteiger charge is -2.39. The molecule has 2 aromatic heterocycles. The van der Waals surface area contributed by atoms with Crippen LogP contribution in [-0.4, -0.2) is 27.6 Å². The zero-order valence-electron chi connectivity index (χ0n) is 15.5. The monoisotopic (exact) mass is 415 g/mol. The number of carbonyl (C=O) groups excluding carboxylic acids is 1. The standard InChI is InChI=1S/C21H16F3N3O3/c22-21(23,24)14-5-3-13(4-6-14)20(9-11-30-17-2-1-10-25-18(17)20)27-19(29)16-8-7-15(28)12-26-16/h1-8,10,12,28H,9,11H2,(H,27,29)/t20-/m0/s1. The van der Waals surface area contributed by atoms with Crippen LogP contribution in [0.25, 0.3) is 0 Å². The van der Waals surface area contributed by atoms with Crippen molar-refractivity contribution in [2.24, 2.45) is 0 Å². The number of ether oxygens (including phenoxy) is 1. The number of benzene rings is 1. The number of hydrogen-bond acceptors (Lipinski definition) is 5. The lowest BCUT2D eigenvalue weighted by atomic mass is 9.81. The van der Waals surface area contributed by atoms with Crippen LogP contribution in [0.2, 0.25) is 0 Å². The van der Waals surface area contributed by atoms with Gasteiger partial charge in [0.15, 0.2) is 0 Å². The molecule has 1 amide bonds. The summed E-state index contributed by atoms with van der Waals surface area (Å²) >= 11 is 0. The number of rotatable bonds is 3. The average Bonchev–Trinajstić information content (AvgIpc) is 2.74. The number of nitrogens with zero attached hydrogens (tertiary/aromatic N) is 2. The fourth-order valence-electron chi connectivity index (χ4n) is 3.46. The molecule has 3 aromatic rings. The van der Waals surface area contributed by atoms with Crippen molar-refractivity contribution in [3.63, 3.8) is 0 Å². The largest absolute Gasteiger partial charge is 0.506 e. The molecule has 0 bridgehead atoms. The minimum absolute atomic E-state index is 0.0445. The SMILES string of the molecule is O=C(N[C@]1(c2ccc(C(F)(F)F)cc2)CCOc2cccnc21)c1ccc(O)cn1. The zero-order chi connectivity index (χ0) is 21.4. The van der Waals surface area contributed by atoms with Gasteiger partial charge in [-0.2, -0.15) is 13.2 Å². The first-order chi connectivity index (χ1) is 14.3. The number of halogens is 3. The van der Waals surface area contributed by atoms with Crippen LogP contribution in [0.3, 0.4) is 0 Å². The van der Waals surface area contributed by atoms with Gasteiger partial charge in [0, 0.05) is 12.6 Å². The van der Waals surface area contributed by atoms with Crippen molar-refractivity contribution >= 4 is 5.91 Å². The van der Waals surface area contributed by atoms with Crippen LogP contribution in [0, 0.1) is 0 Å². The molecule has 9 heteroatoms. The third-order valence-corrected chi connectivity index (χ3v) is 4.92. The molecule has 2 N–H and O–H groups in total. The number of amides is 1. The maximum Gasteiger partial charge on any atom is 0.416 e. The summed E-state index contributed by atoms with van der Waals surface area (Å²) in [5, 5.41) is 12.3. The molecule has 1 aromatic carbocycles. The van der Waals surface area contributed by atoms with E-state index in [4.69, 9.17) is 4.74 Å². The molecule has 3 heterocycles. The Bertz CT molecular complexity index is 1070. The lowest BCUT2D eigenvalue weighted by molar-refractivity contribution is -0.137. The number of fused-ring (bicyclic) bond motifs is 1. The van der Waals surface area contributed by atoms with E-state index in [2.05, 4.69) is 15.3 Å². The second-order valence-corrected chi connectivity index (χ2v) is 6.78. The van der Waals surface area contributed by atoms with Gasteiger partial charge in [-0.1, -0.05) is 12.1 Å². The van der Waals surface area contributed by atoms with Gasteiger partial charge in [-0.15, -0.1) is 0 Å². The van der Waals surface area contributed by atoms with Crippen molar-refractivity contribution in [2.45, 2.75) is 18.1 Å². The van der Waals surface area contributed by atoms with E-state index >= 15 is 0 Å². The average molecular weight is 415 g/mol. The van der Waals surface area contributed by atoms with Crippen LogP contribution in [0.4, 0.5) is 13.2 Å². The van der Waals surface area contributed by atoms with Gasteiger partial charge in [-0.25, -0.2) is 4.98 Å².